The quantitative estimate of drug-likeness (QED) is 0.931. The van der Waals surface area contributed by atoms with Crippen molar-refractivity contribution in [1.29, 1.82) is 0 Å². The fraction of sp³-hybridized carbons (Fsp3) is 0.312. The van der Waals surface area contributed by atoms with Gasteiger partial charge in [-0.15, -0.1) is 0 Å². The highest BCUT2D eigenvalue weighted by Gasteiger charge is 2.21. The first-order chi connectivity index (χ1) is 9.80. The first-order valence-electron chi connectivity index (χ1n) is 6.78. The van der Waals surface area contributed by atoms with Gasteiger partial charge in [0.2, 0.25) is 5.88 Å². The number of pyridine rings is 1. The highest BCUT2D eigenvalue weighted by atomic mass is 16.5. The number of aryl methyl sites for hydroxylation is 1. The standard InChI is InChI=1S/C16H18N2O2/c1-19-16-7-4-13(10-18-16)15-6-3-12-8-11(9-17)2-5-14(12)20-15/h2,4-5,7-8,10,15H,3,6,9,17H2,1H3. The molecule has 20 heavy (non-hydrogen) atoms. The van der Waals surface area contributed by atoms with Gasteiger partial charge in [0.15, 0.2) is 0 Å². The molecule has 0 aliphatic carbocycles. The maximum atomic E-state index is 6.07. The second-order valence-electron chi connectivity index (χ2n) is 4.93. The number of aromatic nitrogens is 1. The number of fused-ring (bicyclic) bond motifs is 1. The van der Waals surface area contributed by atoms with Crippen molar-refractivity contribution in [2.24, 2.45) is 5.73 Å². The molecular formula is C16H18N2O2. The molecule has 0 radical (unpaired) electrons. The number of methoxy groups -OCH3 is 1. The molecule has 1 aliphatic heterocycles. The van der Waals surface area contributed by atoms with E-state index in [-0.39, 0.29) is 6.10 Å². The van der Waals surface area contributed by atoms with Gasteiger partial charge in [0.25, 0.3) is 0 Å². The third-order valence-electron chi connectivity index (χ3n) is 3.65. The van der Waals surface area contributed by atoms with Crippen LogP contribution in [0, 0.1) is 0 Å². The van der Waals surface area contributed by atoms with Crippen LogP contribution in [0.15, 0.2) is 36.5 Å². The lowest BCUT2D eigenvalue weighted by atomic mass is 9.97. The van der Waals surface area contributed by atoms with E-state index in [1.807, 2.05) is 30.5 Å². The van der Waals surface area contributed by atoms with Gasteiger partial charge in [0.05, 0.1) is 7.11 Å². The number of hydrogen-bond acceptors (Lipinski definition) is 4. The second kappa shape index (κ2) is 5.51. The molecule has 0 amide bonds. The Labute approximate surface area is 118 Å². The Bertz CT molecular complexity index is 596. The van der Waals surface area contributed by atoms with E-state index in [4.69, 9.17) is 15.2 Å². The van der Waals surface area contributed by atoms with Gasteiger partial charge in [-0.05, 0) is 36.1 Å². The summed E-state index contributed by atoms with van der Waals surface area (Å²) in [6.45, 7) is 0.569. The third kappa shape index (κ3) is 2.47. The van der Waals surface area contributed by atoms with Crippen molar-refractivity contribution in [1.82, 2.24) is 4.98 Å². The molecule has 1 aromatic heterocycles. The average Bonchev–Trinajstić information content (AvgIpc) is 2.54. The zero-order valence-corrected chi connectivity index (χ0v) is 11.5. The average molecular weight is 270 g/mol. The van der Waals surface area contributed by atoms with Crippen LogP contribution in [0.5, 0.6) is 11.6 Å². The summed E-state index contributed by atoms with van der Waals surface area (Å²) >= 11 is 0. The van der Waals surface area contributed by atoms with E-state index in [9.17, 15) is 0 Å². The molecule has 104 valence electrons. The van der Waals surface area contributed by atoms with E-state index in [0.29, 0.717) is 12.4 Å². The minimum atomic E-state index is 0.0598. The minimum Gasteiger partial charge on any atom is -0.485 e. The molecule has 3 rings (SSSR count). The molecule has 1 aromatic carbocycles. The van der Waals surface area contributed by atoms with Crippen molar-refractivity contribution in [3.63, 3.8) is 0 Å². The molecular weight excluding hydrogens is 252 g/mol. The molecule has 0 spiro atoms. The lowest BCUT2D eigenvalue weighted by Crippen LogP contribution is -2.15. The van der Waals surface area contributed by atoms with E-state index < -0.39 is 0 Å². The molecule has 0 saturated carbocycles. The van der Waals surface area contributed by atoms with Crippen LogP contribution >= 0.6 is 0 Å². The Morgan fingerprint density at radius 3 is 2.95 bits per heavy atom. The Hall–Kier alpha value is -2.07. The van der Waals surface area contributed by atoms with Crippen molar-refractivity contribution < 1.29 is 9.47 Å². The number of nitrogens with zero attached hydrogens (tertiary/aromatic N) is 1. The van der Waals surface area contributed by atoms with Crippen LogP contribution in [0.2, 0.25) is 0 Å². The summed E-state index contributed by atoms with van der Waals surface area (Å²) in [6, 6.07) is 10.0. The normalized spacial score (nSPS) is 17.2. The molecule has 2 heterocycles. The summed E-state index contributed by atoms with van der Waals surface area (Å²) < 4.78 is 11.1. The van der Waals surface area contributed by atoms with E-state index in [1.54, 1.807) is 7.11 Å². The maximum Gasteiger partial charge on any atom is 0.212 e. The molecule has 1 unspecified atom stereocenters. The topological polar surface area (TPSA) is 57.4 Å². The fourth-order valence-corrected chi connectivity index (χ4v) is 2.51. The molecule has 1 aliphatic rings. The van der Waals surface area contributed by atoms with Crippen LogP contribution in [0.1, 0.15) is 29.2 Å². The van der Waals surface area contributed by atoms with Crippen molar-refractivity contribution in [2.75, 3.05) is 7.11 Å². The monoisotopic (exact) mass is 270 g/mol. The van der Waals surface area contributed by atoms with Crippen LogP contribution < -0.4 is 15.2 Å². The fourth-order valence-electron chi connectivity index (χ4n) is 2.51. The van der Waals surface area contributed by atoms with E-state index in [1.165, 1.54) is 5.56 Å². The molecule has 4 nitrogen and oxygen atoms in total. The van der Waals surface area contributed by atoms with E-state index in [0.717, 1.165) is 29.7 Å². The molecule has 0 bridgehead atoms. The Kier molecular flexibility index (Phi) is 3.56. The summed E-state index contributed by atoms with van der Waals surface area (Å²) in [4.78, 5) is 4.24. The predicted octanol–water partition coefficient (Wildman–Crippen LogP) is 2.62. The molecule has 2 aromatic rings. The summed E-state index contributed by atoms with van der Waals surface area (Å²) in [6.07, 6.45) is 3.84. The van der Waals surface area contributed by atoms with Crippen molar-refractivity contribution in [2.45, 2.75) is 25.5 Å². The smallest absolute Gasteiger partial charge is 0.212 e. The van der Waals surface area contributed by atoms with Gasteiger partial charge in [-0.25, -0.2) is 4.98 Å². The second-order valence-corrected chi connectivity index (χ2v) is 4.93. The van der Waals surface area contributed by atoms with E-state index >= 15 is 0 Å². The Balaban J connectivity index is 1.80. The number of nitrogens with two attached hydrogens (primary N) is 1. The molecule has 1 atom stereocenters. The molecule has 0 saturated heterocycles. The zero-order valence-electron chi connectivity index (χ0n) is 11.5. The van der Waals surface area contributed by atoms with Gasteiger partial charge in [0.1, 0.15) is 11.9 Å². The van der Waals surface area contributed by atoms with Gasteiger partial charge < -0.3 is 15.2 Å². The lowest BCUT2D eigenvalue weighted by Gasteiger charge is -2.26. The van der Waals surface area contributed by atoms with Crippen LogP contribution in [0.4, 0.5) is 0 Å². The van der Waals surface area contributed by atoms with Gasteiger partial charge in [-0.1, -0.05) is 12.1 Å². The van der Waals surface area contributed by atoms with Crippen molar-refractivity contribution >= 4 is 0 Å². The zero-order chi connectivity index (χ0) is 13.9. The van der Waals surface area contributed by atoms with E-state index in [2.05, 4.69) is 11.1 Å². The maximum absolute atomic E-state index is 6.07. The number of hydrogen-bond donors (Lipinski definition) is 1. The number of rotatable bonds is 3. The van der Waals surface area contributed by atoms with Gasteiger partial charge >= 0.3 is 0 Å². The molecule has 2 N–H and O–H groups in total. The summed E-state index contributed by atoms with van der Waals surface area (Å²) in [5.41, 5.74) is 9.14. The first kappa shape index (κ1) is 12.9. The predicted molar refractivity (Wildman–Crippen MR) is 76.8 cm³/mol. The summed E-state index contributed by atoms with van der Waals surface area (Å²) in [5, 5.41) is 0. The van der Waals surface area contributed by atoms with Gasteiger partial charge in [-0.3, -0.25) is 0 Å². The van der Waals surface area contributed by atoms with Crippen LogP contribution in [-0.2, 0) is 13.0 Å². The SMILES string of the molecule is COc1ccc(C2CCc3cc(CN)ccc3O2)cn1. The van der Waals surface area contributed by atoms with Crippen molar-refractivity contribution in [3.8, 4) is 11.6 Å². The van der Waals surface area contributed by atoms with Gasteiger partial charge in [-0.2, -0.15) is 0 Å². The molecule has 4 heteroatoms. The minimum absolute atomic E-state index is 0.0598. The number of benzene rings is 1. The van der Waals surface area contributed by atoms with Crippen molar-refractivity contribution in [3.05, 3.63) is 53.2 Å². The molecule has 0 fully saturated rings. The Morgan fingerprint density at radius 2 is 2.25 bits per heavy atom. The third-order valence-corrected chi connectivity index (χ3v) is 3.65. The first-order valence-corrected chi connectivity index (χ1v) is 6.78. The summed E-state index contributed by atoms with van der Waals surface area (Å²) in [7, 11) is 1.62. The highest BCUT2D eigenvalue weighted by molar-refractivity contribution is 5.39. The lowest BCUT2D eigenvalue weighted by molar-refractivity contribution is 0.176. The number of ether oxygens (including phenoxy) is 2. The van der Waals surface area contributed by atoms with Gasteiger partial charge in [0, 0.05) is 24.4 Å². The largest absolute Gasteiger partial charge is 0.485 e. The summed E-state index contributed by atoms with van der Waals surface area (Å²) in [5.74, 6) is 1.58. The van der Waals surface area contributed by atoms with Crippen LogP contribution in [-0.4, -0.2) is 12.1 Å². The highest BCUT2D eigenvalue weighted by Crippen LogP contribution is 2.35. The Morgan fingerprint density at radius 1 is 1.35 bits per heavy atom. The van der Waals surface area contributed by atoms with Crippen LogP contribution in [0.25, 0.3) is 0 Å². The van der Waals surface area contributed by atoms with Crippen LogP contribution in [0.3, 0.4) is 0 Å².